The Balaban J connectivity index is 1.98. The van der Waals surface area contributed by atoms with Crippen LogP contribution < -0.4 is 10.2 Å². The van der Waals surface area contributed by atoms with Crippen molar-refractivity contribution in [3.63, 3.8) is 0 Å². The lowest BCUT2D eigenvalue weighted by atomic mass is 10.2. The highest BCUT2D eigenvalue weighted by Crippen LogP contribution is 2.15. The Morgan fingerprint density at radius 1 is 1.10 bits per heavy atom. The van der Waals surface area contributed by atoms with E-state index >= 15 is 0 Å². The number of hydrogen-bond acceptors (Lipinski definition) is 5. The Kier molecular flexibility index (Phi) is 8.92. The summed E-state index contributed by atoms with van der Waals surface area (Å²) in [5.41, 5.74) is 2.37. The number of amides is 1. The van der Waals surface area contributed by atoms with Crippen molar-refractivity contribution in [2.75, 3.05) is 29.9 Å². The monoisotopic (exact) mass is 396 g/mol. The molecule has 2 aromatic rings. The van der Waals surface area contributed by atoms with E-state index in [0.29, 0.717) is 25.3 Å². The molecule has 0 aliphatic heterocycles. The van der Waals surface area contributed by atoms with Gasteiger partial charge in [-0.15, -0.1) is 0 Å². The standard InChI is InChI=1S/C23H28N2O4/c1-3-21(26)16-25(20-8-6-5-7-9-20)17-22(27)24-19-13-10-18(11-14-19)12-15-23(28)29-4-2/h5-15,21,26H,3-4,16-17H2,1-2H3,(H,24,27)/b15-12+. The molecule has 6 heteroatoms. The number of carbonyl (C=O) groups excluding carboxylic acids is 2. The topological polar surface area (TPSA) is 78.9 Å². The Morgan fingerprint density at radius 2 is 1.79 bits per heavy atom. The summed E-state index contributed by atoms with van der Waals surface area (Å²) in [7, 11) is 0. The molecule has 0 saturated heterocycles. The van der Waals surface area contributed by atoms with Crippen molar-refractivity contribution in [1.29, 1.82) is 0 Å². The van der Waals surface area contributed by atoms with E-state index in [0.717, 1.165) is 11.3 Å². The van der Waals surface area contributed by atoms with Crippen molar-refractivity contribution in [2.24, 2.45) is 0 Å². The maximum atomic E-state index is 12.5. The lowest BCUT2D eigenvalue weighted by Gasteiger charge is -2.26. The molecule has 0 aliphatic rings. The van der Waals surface area contributed by atoms with Crippen LogP contribution in [-0.4, -0.2) is 42.8 Å². The van der Waals surface area contributed by atoms with Gasteiger partial charge in [-0.3, -0.25) is 4.79 Å². The number of nitrogens with zero attached hydrogens (tertiary/aromatic N) is 1. The summed E-state index contributed by atoms with van der Waals surface area (Å²) in [5.74, 6) is -0.563. The average molecular weight is 396 g/mol. The fourth-order valence-corrected chi connectivity index (χ4v) is 2.69. The van der Waals surface area contributed by atoms with Crippen LogP contribution in [0.3, 0.4) is 0 Å². The Bertz CT molecular complexity index is 803. The largest absolute Gasteiger partial charge is 0.463 e. The Morgan fingerprint density at radius 3 is 2.41 bits per heavy atom. The van der Waals surface area contributed by atoms with Gasteiger partial charge in [-0.05, 0) is 49.2 Å². The van der Waals surface area contributed by atoms with Crippen LogP contribution in [0.25, 0.3) is 6.08 Å². The highest BCUT2D eigenvalue weighted by molar-refractivity contribution is 5.94. The van der Waals surface area contributed by atoms with Crippen molar-refractivity contribution in [1.82, 2.24) is 0 Å². The predicted molar refractivity (Wildman–Crippen MR) is 116 cm³/mol. The SMILES string of the molecule is CCOC(=O)/C=C/c1ccc(NC(=O)CN(CC(O)CC)c2ccccc2)cc1. The molecule has 0 aromatic heterocycles. The molecule has 0 heterocycles. The first-order valence-corrected chi connectivity index (χ1v) is 9.74. The van der Waals surface area contributed by atoms with Gasteiger partial charge in [0.15, 0.2) is 0 Å². The van der Waals surface area contributed by atoms with Gasteiger partial charge in [0.05, 0.1) is 19.3 Å². The van der Waals surface area contributed by atoms with E-state index in [-0.39, 0.29) is 18.4 Å². The summed E-state index contributed by atoms with van der Waals surface area (Å²) in [6, 6.07) is 16.7. The second-order valence-corrected chi connectivity index (χ2v) is 6.53. The van der Waals surface area contributed by atoms with Gasteiger partial charge in [0.25, 0.3) is 0 Å². The molecule has 1 atom stereocenters. The van der Waals surface area contributed by atoms with Gasteiger partial charge in [-0.1, -0.05) is 37.3 Å². The van der Waals surface area contributed by atoms with Crippen LogP contribution >= 0.6 is 0 Å². The zero-order valence-electron chi connectivity index (χ0n) is 16.9. The zero-order chi connectivity index (χ0) is 21.1. The number of carbonyl (C=O) groups is 2. The molecule has 0 fully saturated rings. The molecule has 0 saturated carbocycles. The first kappa shape index (κ1) is 22.2. The van der Waals surface area contributed by atoms with Crippen molar-refractivity contribution < 1.29 is 19.4 Å². The van der Waals surface area contributed by atoms with Crippen LogP contribution in [-0.2, 0) is 14.3 Å². The summed E-state index contributed by atoms with van der Waals surface area (Å²) < 4.78 is 4.84. The van der Waals surface area contributed by atoms with E-state index in [1.165, 1.54) is 6.08 Å². The molecular formula is C23H28N2O4. The number of benzene rings is 2. The van der Waals surface area contributed by atoms with Gasteiger partial charge in [0.1, 0.15) is 0 Å². The maximum absolute atomic E-state index is 12.5. The summed E-state index contributed by atoms with van der Waals surface area (Å²) in [6.45, 7) is 4.51. The fourth-order valence-electron chi connectivity index (χ4n) is 2.69. The number of para-hydroxylation sites is 1. The molecule has 2 N–H and O–H groups in total. The first-order valence-electron chi connectivity index (χ1n) is 9.74. The van der Waals surface area contributed by atoms with E-state index in [9.17, 15) is 14.7 Å². The number of ether oxygens (including phenoxy) is 1. The van der Waals surface area contributed by atoms with Crippen molar-refractivity contribution in [2.45, 2.75) is 26.4 Å². The van der Waals surface area contributed by atoms with Crippen LogP contribution in [0.15, 0.2) is 60.7 Å². The number of anilines is 2. The molecule has 0 radical (unpaired) electrons. The molecule has 1 amide bonds. The van der Waals surface area contributed by atoms with Crippen LogP contribution in [0.5, 0.6) is 0 Å². The molecule has 29 heavy (non-hydrogen) atoms. The van der Waals surface area contributed by atoms with E-state index < -0.39 is 6.10 Å². The maximum Gasteiger partial charge on any atom is 0.330 e. The summed E-state index contributed by atoms with van der Waals surface area (Å²) in [4.78, 5) is 25.7. The third kappa shape index (κ3) is 7.79. The quantitative estimate of drug-likeness (QED) is 0.475. The van der Waals surface area contributed by atoms with Crippen LogP contribution in [0.4, 0.5) is 11.4 Å². The third-order valence-electron chi connectivity index (χ3n) is 4.25. The molecule has 0 aliphatic carbocycles. The van der Waals surface area contributed by atoms with Gasteiger partial charge in [0.2, 0.25) is 5.91 Å². The highest BCUT2D eigenvalue weighted by atomic mass is 16.5. The fraction of sp³-hybridized carbons (Fsp3) is 0.304. The minimum absolute atomic E-state index is 0.131. The van der Waals surface area contributed by atoms with Gasteiger partial charge in [0, 0.05) is 24.0 Å². The number of aliphatic hydroxyl groups excluding tert-OH is 1. The highest BCUT2D eigenvalue weighted by Gasteiger charge is 2.15. The second kappa shape index (κ2) is 11.7. The van der Waals surface area contributed by atoms with Crippen molar-refractivity contribution in [3.05, 3.63) is 66.2 Å². The van der Waals surface area contributed by atoms with Crippen molar-refractivity contribution >= 4 is 29.3 Å². The van der Waals surface area contributed by atoms with E-state index in [1.807, 2.05) is 42.2 Å². The van der Waals surface area contributed by atoms with Crippen LogP contribution in [0, 0.1) is 0 Å². The molecule has 6 nitrogen and oxygen atoms in total. The number of aliphatic hydroxyl groups is 1. The molecule has 1 unspecified atom stereocenters. The molecular weight excluding hydrogens is 368 g/mol. The molecule has 0 spiro atoms. The zero-order valence-corrected chi connectivity index (χ0v) is 16.9. The second-order valence-electron chi connectivity index (χ2n) is 6.53. The number of nitrogens with one attached hydrogen (secondary N) is 1. The van der Waals surface area contributed by atoms with E-state index in [2.05, 4.69) is 5.32 Å². The molecule has 2 rings (SSSR count). The van der Waals surface area contributed by atoms with E-state index in [4.69, 9.17) is 4.74 Å². The van der Waals surface area contributed by atoms with Gasteiger partial charge < -0.3 is 20.1 Å². The normalized spacial score (nSPS) is 11.8. The average Bonchev–Trinajstić information content (AvgIpc) is 2.73. The number of hydrogen-bond donors (Lipinski definition) is 2. The Labute approximate surface area is 171 Å². The molecule has 0 bridgehead atoms. The minimum Gasteiger partial charge on any atom is -0.463 e. The van der Waals surface area contributed by atoms with Gasteiger partial charge >= 0.3 is 5.97 Å². The number of esters is 1. The van der Waals surface area contributed by atoms with Crippen LogP contribution in [0.2, 0.25) is 0 Å². The van der Waals surface area contributed by atoms with Crippen molar-refractivity contribution in [3.8, 4) is 0 Å². The summed E-state index contributed by atoms with van der Waals surface area (Å²) in [6.07, 6.45) is 3.14. The van der Waals surface area contributed by atoms with Gasteiger partial charge in [-0.25, -0.2) is 4.79 Å². The number of rotatable bonds is 10. The first-order chi connectivity index (χ1) is 14.0. The lowest BCUT2D eigenvalue weighted by molar-refractivity contribution is -0.137. The Hall–Kier alpha value is -3.12. The van der Waals surface area contributed by atoms with Gasteiger partial charge in [-0.2, -0.15) is 0 Å². The molecule has 154 valence electrons. The van der Waals surface area contributed by atoms with Crippen LogP contribution in [0.1, 0.15) is 25.8 Å². The summed E-state index contributed by atoms with van der Waals surface area (Å²) in [5, 5.41) is 12.9. The van der Waals surface area contributed by atoms with E-state index in [1.54, 1.807) is 37.3 Å². The minimum atomic E-state index is -0.506. The third-order valence-corrected chi connectivity index (χ3v) is 4.25. The lowest BCUT2D eigenvalue weighted by Crippen LogP contribution is -2.38. The smallest absolute Gasteiger partial charge is 0.330 e. The summed E-state index contributed by atoms with van der Waals surface area (Å²) >= 11 is 0. The molecule has 2 aromatic carbocycles. The predicted octanol–water partition coefficient (Wildman–Crippen LogP) is 3.48.